The first-order valence-electron chi connectivity index (χ1n) is 7.25. The summed E-state index contributed by atoms with van der Waals surface area (Å²) in [6, 6.07) is 3.54. The quantitative estimate of drug-likeness (QED) is 0.419. The fourth-order valence-electron chi connectivity index (χ4n) is 2.64. The summed E-state index contributed by atoms with van der Waals surface area (Å²) >= 11 is 0. The third-order valence-electron chi connectivity index (χ3n) is 3.58. The molecule has 1 fully saturated rings. The highest BCUT2D eigenvalue weighted by atomic mass is 32.3. The van der Waals surface area contributed by atoms with Gasteiger partial charge < -0.3 is 10.4 Å². The summed E-state index contributed by atoms with van der Waals surface area (Å²) in [5, 5.41) is 12.9. The Hall–Kier alpha value is -1.40. The zero-order valence-electron chi connectivity index (χ0n) is 13.0. The minimum absolute atomic E-state index is 0.102. The molecule has 0 radical (unpaired) electrons. The molecule has 1 aliphatic rings. The van der Waals surface area contributed by atoms with E-state index in [1.54, 1.807) is 0 Å². The smallest absolute Gasteiger partial charge is 0.398 e. The number of hydrogen-bond acceptors (Lipinski definition) is 7. The number of benzene rings is 1. The number of nitrogens with one attached hydrogen (secondary N) is 2. The van der Waals surface area contributed by atoms with Crippen molar-refractivity contribution >= 4 is 26.1 Å². The maximum absolute atomic E-state index is 11.4. The lowest BCUT2D eigenvalue weighted by Gasteiger charge is -2.30. The minimum Gasteiger partial charge on any atom is -0.506 e. The minimum atomic E-state index is -4.72. The van der Waals surface area contributed by atoms with Crippen LogP contribution in [0.15, 0.2) is 18.2 Å². The van der Waals surface area contributed by atoms with Gasteiger partial charge in [-0.3, -0.25) is 9.27 Å². The van der Waals surface area contributed by atoms with E-state index in [-0.39, 0.29) is 17.5 Å². The van der Waals surface area contributed by atoms with Gasteiger partial charge >= 0.3 is 10.4 Å². The molecular formula is C13H20N2O7S2. The molecule has 1 saturated heterocycles. The molecule has 0 bridgehead atoms. The van der Waals surface area contributed by atoms with E-state index < -0.39 is 26.5 Å². The molecule has 1 aliphatic heterocycles. The molecule has 2 atom stereocenters. The average Bonchev–Trinajstić information content (AvgIpc) is 2.46. The summed E-state index contributed by atoms with van der Waals surface area (Å²) in [6.45, 7) is 0.669. The van der Waals surface area contributed by atoms with Crippen LogP contribution in [-0.2, 0) is 24.6 Å². The first-order valence-corrected chi connectivity index (χ1v) is 10.5. The predicted molar refractivity (Wildman–Crippen MR) is 87.6 cm³/mol. The number of piperidine rings is 1. The average molecular weight is 380 g/mol. The van der Waals surface area contributed by atoms with Crippen LogP contribution in [-0.4, -0.2) is 45.3 Å². The van der Waals surface area contributed by atoms with Crippen molar-refractivity contribution in [3.63, 3.8) is 0 Å². The van der Waals surface area contributed by atoms with E-state index in [0.717, 1.165) is 19.1 Å². The van der Waals surface area contributed by atoms with E-state index in [1.807, 2.05) is 0 Å². The molecule has 11 heteroatoms. The number of hydrogen-bond donors (Lipinski definition) is 4. The van der Waals surface area contributed by atoms with Gasteiger partial charge in [-0.05, 0) is 37.1 Å². The van der Waals surface area contributed by atoms with E-state index in [0.29, 0.717) is 18.5 Å². The molecule has 136 valence electrons. The molecule has 0 saturated carbocycles. The van der Waals surface area contributed by atoms with Gasteiger partial charge in [0, 0.05) is 6.04 Å². The van der Waals surface area contributed by atoms with E-state index in [2.05, 4.69) is 10.0 Å². The fraction of sp³-hybridized carbons (Fsp3) is 0.538. The largest absolute Gasteiger partial charge is 0.506 e. The Labute approximate surface area is 141 Å². The van der Waals surface area contributed by atoms with Crippen molar-refractivity contribution in [3.8, 4) is 5.75 Å². The number of rotatable bonds is 6. The first kappa shape index (κ1) is 18.9. The Morgan fingerprint density at radius 3 is 2.54 bits per heavy atom. The topological polar surface area (TPSA) is 142 Å². The van der Waals surface area contributed by atoms with E-state index >= 15 is 0 Å². The Bertz CT molecular complexity index is 787. The van der Waals surface area contributed by atoms with Crippen LogP contribution in [0.25, 0.3) is 0 Å². The number of anilines is 1. The summed E-state index contributed by atoms with van der Waals surface area (Å²) in [7, 11) is -8.36. The Kier molecular flexibility index (Phi) is 5.71. The van der Waals surface area contributed by atoms with E-state index in [1.165, 1.54) is 18.2 Å². The van der Waals surface area contributed by atoms with Crippen molar-refractivity contribution in [1.82, 2.24) is 5.32 Å². The van der Waals surface area contributed by atoms with Gasteiger partial charge in [0.2, 0.25) is 10.0 Å². The summed E-state index contributed by atoms with van der Waals surface area (Å²) in [5.74, 6) is -0.314. The van der Waals surface area contributed by atoms with Crippen LogP contribution in [0, 0.1) is 0 Å². The molecule has 1 aromatic rings. The maximum atomic E-state index is 11.4. The molecule has 0 aliphatic carbocycles. The van der Waals surface area contributed by atoms with Crippen molar-refractivity contribution < 1.29 is 30.7 Å². The van der Waals surface area contributed by atoms with Crippen LogP contribution >= 0.6 is 0 Å². The molecule has 2 unspecified atom stereocenters. The van der Waals surface area contributed by atoms with Crippen molar-refractivity contribution in [2.75, 3.05) is 17.5 Å². The highest BCUT2D eigenvalue weighted by Gasteiger charge is 2.30. The Morgan fingerprint density at radius 2 is 2.00 bits per heavy atom. The Morgan fingerprint density at radius 1 is 1.29 bits per heavy atom. The second kappa shape index (κ2) is 7.23. The second-order valence-electron chi connectivity index (χ2n) is 5.65. The van der Waals surface area contributed by atoms with Gasteiger partial charge in [0.25, 0.3) is 0 Å². The molecule has 2 rings (SSSR count). The van der Waals surface area contributed by atoms with Gasteiger partial charge in [0.15, 0.2) is 0 Å². The lowest BCUT2D eigenvalue weighted by atomic mass is 9.94. The molecule has 0 spiro atoms. The molecule has 9 nitrogen and oxygen atoms in total. The zero-order valence-corrected chi connectivity index (χ0v) is 14.6. The number of phenolic OH excluding ortho intramolecular Hbond substituents is 1. The highest BCUT2D eigenvalue weighted by Crippen LogP contribution is 2.33. The predicted octanol–water partition coefficient (Wildman–Crippen LogP) is 0.766. The van der Waals surface area contributed by atoms with Gasteiger partial charge in [-0.1, -0.05) is 12.5 Å². The van der Waals surface area contributed by atoms with Crippen LogP contribution in [0.1, 0.15) is 30.9 Å². The number of sulfonamides is 1. The standard InChI is InChI=1S/C13H20N2O7S2/c1-23(17,18)15-11-8-9(5-6-12(11)16)13(22-24(19,20)21)10-4-2-3-7-14-10/h5-6,8,10,13-16H,2-4,7H2,1H3,(H,19,20,21). The zero-order chi connectivity index (χ0) is 18.0. The second-order valence-corrected chi connectivity index (χ2v) is 8.45. The SMILES string of the molecule is CS(=O)(=O)Nc1cc(C(OS(=O)(=O)O)C2CCCCN2)ccc1O. The molecule has 1 heterocycles. The lowest BCUT2D eigenvalue weighted by Crippen LogP contribution is -2.40. The normalized spacial score (nSPS) is 20.5. The summed E-state index contributed by atoms with van der Waals surface area (Å²) in [4.78, 5) is 0. The monoisotopic (exact) mass is 380 g/mol. The van der Waals surface area contributed by atoms with E-state index in [4.69, 9.17) is 8.74 Å². The van der Waals surface area contributed by atoms with Gasteiger partial charge in [0.1, 0.15) is 11.9 Å². The molecule has 4 N–H and O–H groups in total. The molecular weight excluding hydrogens is 360 g/mol. The van der Waals surface area contributed by atoms with Gasteiger partial charge in [0.05, 0.1) is 11.9 Å². The van der Waals surface area contributed by atoms with Crippen molar-refractivity contribution in [2.24, 2.45) is 0 Å². The van der Waals surface area contributed by atoms with Gasteiger partial charge in [-0.25, -0.2) is 12.6 Å². The van der Waals surface area contributed by atoms with Crippen LogP contribution in [0.4, 0.5) is 5.69 Å². The Balaban J connectivity index is 2.39. The maximum Gasteiger partial charge on any atom is 0.398 e. The highest BCUT2D eigenvalue weighted by molar-refractivity contribution is 7.92. The van der Waals surface area contributed by atoms with E-state index in [9.17, 15) is 21.9 Å². The molecule has 0 amide bonds. The molecule has 0 aromatic heterocycles. The fourth-order valence-corrected chi connectivity index (χ4v) is 3.71. The van der Waals surface area contributed by atoms with Crippen LogP contribution in [0.2, 0.25) is 0 Å². The van der Waals surface area contributed by atoms with Crippen molar-refractivity contribution in [2.45, 2.75) is 31.4 Å². The first-order chi connectivity index (χ1) is 11.1. The van der Waals surface area contributed by atoms with Crippen LogP contribution < -0.4 is 10.0 Å². The van der Waals surface area contributed by atoms with Gasteiger partial charge in [-0.2, -0.15) is 8.42 Å². The van der Waals surface area contributed by atoms with Gasteiger partial charge in [-0.15, -0.1) is 0 Å². The molecule has 1 aromatic carbocycles. The third kappa shape index (κ3) is 5.60. The summed E-state index contributed by atoms with van der Waals surface area (Å²) < 4.78 is 61.1. The summed E-state index contributed by atoms with van der Waals surface area (Å²) in [5.41, 5.74) is 0.200. The molecule has 24 heavy (non-hydrogen) atoms. The van der Waals surface area contributed by atoms with Crippen LogP contribution in [0.3, 0.4) is 0 Å². The number of aromatic hydroxyl groups is 1. The third-order valence-corrected chi connectivity index (χ3v) is 4.62. The van der Waals surface area contributed by atoms with Crippen molar-refractivity contribution in [3.05, 3.63) is 23.8 Å². The van der Waals surface area contributed by atoms with Crippen molar-refractivity contribution in [1.29, 1.82) is 0 Å². The van der Waals surface area contributed by atoms with Crippen LogP contribution in [0.5, 0.6) is 5.75 Å². The lowest BCUT2D eigenvalue weighted by molar-refractivity contribution is 0.127. The summed E-state index contributed by atoms with van der Waals surface area (Å²) in [6.07, 6.45) is 2.28. The number of phenols is 1.